The SMILES string of the molecule is ClC1C#C1. The molecule has 1 rings (SSSR count). The first-order valence-corrected chi connectivity index (χ1v) is 1.48. The minimum absolute atomic E-state index is 0.0556. The summed E-state index contributed by atoms with van der Waals surface area (Å²) in [7, 11) is 0. The Balaban J connectivity index is 2.38. The molecule has 1 aliphatic carbocycles. The van der Waals surface area contributed by atoms with Crippen LogP contribution in [0, 0.1) is 11.8 Å². The summed E-state index contributed by atoms with van der Waals surface area (Å²) < 4.78 is 0. The van der Waals surface area contributed by atoms with E-state index in [4.69, 9.17) is 11.6 Å². The molecule has 0 aromatic heterocycles. The molecule has 0 aromatic rings. The number of hydrogen-bond acceptors (Lipinski definition) is 0. The first kappa shape index (κ1) is 2.11. The molecule has 0 saturated carbocycles. The fourth-order valence-corrected chi connectivity index (χ4v) is 0.0945. The van der Waals surface area contributed by atoms with Crippen molar-refractivity contribution in [3.63, 3.8) is 0 Å². The second kappa shape index (κ2) is 0.415. The van der Waals surface area contributed by atoms with Gasteiger partial charge in [-0.05, 0) is 0 Å². The Morgan fingerprint density at radius 2 is 1.75 bits per heavy atom. The monoisotopic (exact) mass is 72.0 g/mol. The van der Waals surface area contributed by atoms with E-state index in [-0.39, 0.29) is 5.38 Å². The fourth-order valence-electron chi connectivity index (χ4n) is 0.0315. The van der Waals surface area contributed by atoms with Gasteiger partial charge >= 0.3 is 0 Å². The van der Waals surface area contributed by atoms with Crippen molar-refractivity contribution < 1.29 is 0 Å². The van der Waals surface area contributed by atoms with Crippen LogP contribution in [0.4, 0.5) is 0 Å². The summed E-state index contributed by atoms with van der Waals surface area (Å²) in [5.41, 5.74) is 0. The molecule has 0 heterocycles. The molecule has 0 N–H and O–H groups in total. The van der Waals surface area contributed by atoms with E-state index < -0.39 is 0 Å². The zero-order valence-electron chi connectivity index (χ0n) is 1.96. The van der Waals surface area contributed by atoms with Gasteiger partial charge in [-0.1, -0.05) is 23.4 Å². The van der Waals surface area contributed by atoms with Crippen LogP contribution in [-0.4, -0.2) is 5.38 Å². The molecule has 0 saturated heterocycles. The van der Waals surface area contributed by atoms with Crippen LogP contribution in [0.3, 0.4) is 0 Å². The van der Waals surface area contributed by atoms with E-state index in [0.717, 1.165) is 0 Å². The minimum atomic E-state index is 0.0556. The lowest BCUT2D eigenvalue weighted by Gasteiger charge is -1.53. The number of halogens is 1. The summed E-state index contributed by atoms with van der Waals surface area (Å²) in [4.78, 5) is 0. The van der Waals surface area contributed by atoms with E-state index in [1.54, 1.807) is 0 Å². The van der Waals surface area contributed by atoms with Crippen molar-refractivity contribution in [2.24, 2.45) is 0 Å². The Kier molecular flexibility index (Phi) is 0.219. The summed E-state index contributed by atoms with van der Waals surface area (Å²) in [6.45, 7) is 0. The average Bonchev–Trinajstić information content (AvgIpc) is 1.75. The Morgan fingerprint density at radius 1 is 1.50 bits per heavy atom. The van der Waals surface area contributed by atoms with E-state index in [9.17, 15) is 0 Å². The minimum Gasteiger partial charge on any atom is -0.0944 e. The van der Waals surface area contributed by atoms with Gasteiger partial charge in [0.25, 0.3) is 0 Å². The van der Waals surface area contributed by atoms with Crippen molar-refractivity contribution in [1.29, 1.82) is 0 Å². The topological polar surface area (TPSA) is 0 Å². The molecule has 0 amide bonds. The average molecular weight is 72.5 g/mol. The molecule has 0 aliphatic heterocycles. The van der Waals surface area contributed by atoms with Crippen molar-refractivity contribution in [3.05, 3.63) is 0 Å². The predicted molar refractivity (Wildman–Crippen MR) is 17.4 cm³/mol. The Bertz CT molecular complexity index is 67.0. The zero-order valence-corrected chi connectivity index (χ0v) is 2.71. The predicted octanol–water partition coefficient (Wildman–Crippen LogP) is 0.611. The Hall–Kier alpha value is -0.150. The zero-order chi connectivity index (χ0) is 2.99. The highest BCUT2D eigenvalue weighted by molar-refractivity contribution is 6.27. The van der Waals surface area contributed by atoms with Crippen LogP contribution in [0.5, 0.6) is 0 Å². The lowest BCUT2D eigenvalue weighted by molar-refractivity contribution is 1.75. The first-order chi connectivity index (χ1) is 1.89. The largest absolute Gasteiger partial charge is 0.154 e. The molecule has 4 heavy (non-hydrogen) atoms. The number of rotatable bonds is 0. The van der Waals surface area contributed by atoms with E-state index >= 15 is 0 Å². The van der Waals surface area contributed by atoms with Crippen molar-refractivity contribution in [3.8, 4) is 11.8 Å². The number of alkyl halides is 1. The van der Waals surface area contributed by atoms with Gasteiger partial charge in [0.15, 0.2) is 5.38 Å². The third-order valence-corrected chi connectivity index (χ3v) is 0.472. The summed E-state index contributed by atoms with van der Waals surface area (Å²) in [5, 5.41) is 0.0556. The highest BCUT2D eigenvalue weighted by atomic mass is 35.5. The summed E-state index contributed by atoms with van der Waals surface area (Å²) in [6.07, 6.45) is 0. The van der Waals surface area contributed by atoms with Gasteiger partial charge in [-0.3, -0.25) is 0 Å². The van der Waals surface area contributed by atoms with Crippen molar-refractivity contribution in [2.75, 3.05) is 0 Å². The summed E-state index contributed by atoms with van der Waals surface area (Å²) in [5.74, 6) is 5.23. The molecule has 0 spiro atoms. The van der Waals surface area contributed by atoms with Crippen molar-refractivity contribution in [2.45, 2.75) is 5.38 Å². The highest BCUT2D eigenvalue weighted by Crippen LogP contribution is 1.99. The molecular weight excluding hydrogens is 71.5 g/mol. The van der Waals surface area contributed by atoms with Crippen LogP contribution in [0.2, 0.25) is 0 Å². The van der Waals surface area contributed by atoms with Crippen LogP contribution in [-0.2, 0) is 0 Å². The normalized spacial score (nSPS) is 18.2. The maximum Gasteiger partial charge on any atom is 0.154 e. The Morgan fingerprint density at radius 3 is 1.75 bits per heavy atom. The maximum atomic E-state index is 5.16. The Labute approximate surface area is 29.8 Å². The van der Waals surface area contributed by atoms with E-state index in [2.05, 4.69) is 11.8 Å². The lowest BCUT2D eigenvalue weighted by atomic mass is 10.8. The van der Waals surface area contributed by atoms with Gasteiger partial charge in [0, 0.05) is 0 Å². The van der Waals surface area contributed by atoms with Crippen LogP contribution in [0.1, 0.15) is 0 Å². The summed E-state index contributed by atoms with van der Waals surface area (Å²) in [6, 6.07) is 0. The van der Waals surface area contributed by atoms with Gasteiger partial charge < -0.3 is 0 Å². The van der Waals surface area contributed by atoms with E-state index in [0.29, 0.717) is 0 Å². The van der Waals surface area contributed by atoms with Gasteiger partial charge in [-0.2, -0.15) is 0 Å². The molecule has 1 heteroatoms. The molecule has 0 atom stereocenters. The van der Waals surface area contributed by atoms with Gasteiger partial charge in [-0.25, -0.2) is 0 Å². The molecule has 20 valence electrons. The van der Waals surface area contributed by atoms with Crippen LogP contribution in [0.15, 0.2) is 0 Å². The lowest BCUT2D eigenvalue weighted by Crippen LogP contribution is -1.57. The van der Waals surface area contributed by atoms with Crippen LogP contribution < -0.4 is 0 Å². The summed E-state index contributed by atoms with van der Waals surface area (Å²) >= 11 is 5.16. The molecule has 0 bridgehead atoms. The standard InChI is InChI=1S/C3HCl/c4-3-1-2-3/h3H. The highest BCUT2D eigenvalue weighted by Gasteiger charge is 1.99. The quantitative estimate of drug-likeness (QED) is 0.291. The fraction of sp³-hybridized carbons (Fsp3) is 0.333. The second-order valence-electron chi connectivity index (χ2n) is 0.651. The number of hydrogen-bond donors (Lipinski definition) is 0. The molecule has 0 unspecified atom stereocenters. The molecule has 0 aromatic carbocycles. The second-order valence-corrected chi connectivity index (χ2v) is 1.09. The molecule has 0 radical (unpaired) electrons. The smallest absolute Gasteiger partial charge is 0.0944 e. The molecule has 0 nitrogen and oxygen atoms in total. The molecule has 1 aliphatic rings. The van der Waals surface area contributed by atoms with Crippen LogP contribution >= 0.6 is 11.6 Å². The van der Waals surface area contributed by atoms with E-state index in [1.807, 2.05) is 0 Å². The van der Waals surface area contributed by atoms with Gasteiger partial charge in [-0.15, -0.1) is 0 Å². The van der Waals surface area contributed by atoms with E-state index in [1.165, 1.54) is 0 Å². The third-order valence-electron chi connectivity index (χ3n) is 0.253. The van der Waals surface area contributed by atoms with Crippen molar-refractivity contribution in [1.82, 2.24) is 0 Å². The molecule has 0 fully saturated rings. The third kappa shape index (κ3) is 0.165. The van der Waals surface area contributed by atoms with Gasteiger partial charge in [0.05, 0.1) is 0 Å². The molecular formula is C3HCl. The van der Waals surface area contributed by atoms with Gasteiger partial charge in [0.1, 0.15) is 0 Å². The van der Waals surface area contributed by atoms with Crippen molar-refractivity contribution >= 4 is 11.6 Å². The van der Waals surface area contributed by atoms with Gasteiger partial charge in [0.2, 0.25) is 0 Å². The first-order valence-electron chi connectivity index (χ1n) is 1.05. The maximum absolute atomic E-state index is 5.16. The van der Waals surface area contributed by atoms with Crippen LogP contribution in [0.25, 0.3) is 0 Å².